The van der Waals surface area contributed by atoms with Gasteiger partial charge in [-0.05, 0) is 79.4 Å². The molecule has 2 amide bonds. The predicted molar refractivity (Wildman–Crippen MR) is 197 cm³/mol. The van der Waals surface area contributed by atoms with E-state index >= 15 is 0 Å². The first-order valence-corrected chi connectivity index (χ1v) is 18.0. The second-order valence-electron chi connectivity index (χ2n) is 15.6. The van der Waals surface area contributed by atoms with E-state index in [2.05, 4.69) is 9.97 Å². The first-order chi connectivity index (χ1) is 24.7. The van der Waals surface area contributed by atoms with Gasteiger partial charge in [-0.1, -0.05) is 48.5 Å². The van der Waals surface area contributed by atoms with E-state index in [1.54, 1.807) is 9.80 Å². The van der Waals surface area contributed by atoms with Crippen molar-refractivity contribution in [3.05, 3.63) is 84.7 Å². The molecule has 5 heterocycles. The van der Waals surface area contributed by atoms with Crippen LogP contribution in [0.5, 0.6) is 0 Å². The number of carbonyl (C=O) groups excluding carboxylic acids is 2. The third-order valence-electron chi connectivity index (χ3n) is 9.40. The number of nitrogens with zero attached hydrogens (tertiary/aromatic N) is 5. The number of aromatic amines is 2. The van der Waals surface area contributed by atoms with Gasteiger partial charge >= 0.3 is 12.2 Å². The molecule has 0 aliphatic carbocycles. The van der Waals surface area contributed by atoms with E-state index in [-0.39, 0.29) is 24.3 Å². The molecule has 0 saturated carbocycles. The molecular weight excluding hydrogens is 658 g/mol. The fourth-order valence-electron chi connectivity index (χ4n) is 6.98. The van der Waals surface area contributed by atoms with Crippen LogP contribution in [-0.2, 0) is 9.47 Å². The smallest absolute Gasteiger partial charge is 0.410 e. The van der Waals surface area contributed by atoms with Crippen molar-refractivity contribution in [2.75, 3.05) is 13.1 Å². The normalized spacial score (nSPS) is 17.9. The van der Waals surface area contributed by atoms with Crippen LogP contribution in [0.4, 0.5) is 9.59 Å². The number of H-pyrrole nitrogens is 2. The molecule has 0 bridgehead atoms. The van der Waals surface area contributed by atoms with E-state index in [1.807, 2.05) is 115 Å². The van der Waals surface area contributed by atoms with Crippen molar-refractivity contribution < 1.29 is 24.3 Å². The molecule has 0 spiro atoms. The molecule has 2 aliphatic heterocycles. The van der Waals surface area contributed by atoms with Crippen LogP contribution < -0.4 is 0 Å². The molecule has 5 aromatic rings. The average Bonchev–Trinajstić information content (AvgIpc) is 3.93. The summed E-state index contributed by atoms with van der Waals surface area (Å²) in [5.74, 6) is 1.49. The average molecular weight is 706 g/mol. The lowest BCUT2D eigenvalue weighted by atomic mass is 10.1. The summed E-state index contributed by atoms with van der Waals surface area (Å²) >= 11 is 0. The Morgan fingerprint density at radius 2 is 1.00 bits per heavy atom. The molecule has 12 nitrogen and oxygen atoms in total. The van der Waals surface area contributed by atoms with Gasteiger partial charge in [-0.25, -0.2) is 19.6 Å². The molecule has 2 saturated heterocycles. The van der Waals surface area contributed by atoms with Gasteiger partial charge < -0.3 is 24.6 Å². The summed E-state index contributed by atoms with van der Waals surface area (Å²) < 4.78 is 12.5. The van der Waals surface area contributed by atoms with Gasteiger partial charge in [0.15, 0.2) is 0 Å². The van der Waals surface area contributed by atoms with Gasteiger partial charge in [-0.2, -0.15) is 4.73 Å². The fourth-order valence-corrected chi connectivity index (χ4v) is 6.98. The Kier molecular flexibility index (Phi) is 9.10. The zero-order valence-electron chi connectivity index (χ0n) is 30.6. The number of hydrogen-bond acceptors (Lipinski definition) is 7. The van der Waals surface area contributed by atoms with Gasteiger partial charge in [-0.3, -0.25) is 9.80 Å². The molecule has 3 N–H and O–H groups in total. The van der Waals surface area contributed by atoms with E-state index in [4.69, 9.17) is 19.4 Å². The minimum atomic E-state index is -0.558. The molecule has 7 rings (SSSR count). The van der Waals surface area contributed by atoms with E-state index in [0.717, 1.165) is 71.0 Å². The third-order valence-corrected chi connectivity index (χ3v) is 9.40. The second kappa shape index (κ2) is 13.6. The van der Waals surface area contributed by atoms with Gasteiger partial charge in [0.05, 0.1) is 34.9 Å². The van der Waals surface area contributed by atoms with E-state index in [9.17, 15) is 14.8 Å². The quantitative estimate of drug-likeness (QED) is 0.150. The molecule has 52 heavy (non-hydrogen) atoms. The highest BCUT2D eigenvalue weighted by Gasteiger charge is 2.36. The second-order valence-corrected chi connectivity index (χ2v) is 15.6. The number of imidazole rings is 2. The van der Waals surface area contributed by atoms with Crippen molar-refractivity contribution in [2.45, 2.75) is 90.5 Å². The van der Waals surface area contributed by atoms with Gasteiger partial charge in [0.2, 0.25) is 0 Å². The highest BCUT2D eigenvalue weighted by atomic mass is 16.6. The molecule has 2 unspecified atom stereocenters. The number of hydrogen-bond donors (Lipinski definition) is 3. The molecule has 272 valence electrons. The molecule has 12 heteroatoms. The summed E-state index contributed by atoms with van der Waals surface area (Å²) in [5, 5.41) is 11.2. The maximum absolute atomic E-state index is 12.8. The van der Waals surface area contributed by atoms with E-state index in [0.29, 0.717) is 24.5 Å². The van der Waals surface area contributed by atoms with Crippen molar-refractivity contribution in [1.29, 1.82) is 0 Å². The number of ether oxygens (including phenoxy) is 2. The summed E-state index contributed by atoms with van der Waals surface area (Å²) in [6.07, 6.45) is 6.52. The Hall–Kier alpha value is -5.52. The van der Waals surface area contributed by atoms with E-state index < -0.39 is 11.2 Å². The highest BCUT2D eigenvalue weighted by molar-refractivity contribution is 5.74. The molecule has 2 atom stereocenters. The van der Waals surface area contributed by atoms with Crippen LogP contribution in [0.15, 0.2) is 73.1 Å². The standard InChI is InChI=1S/C40H47N7O5/c1-39(2,3)51-37(48)45-21-7-9-33(45)35-41-23-29(43-35)25-11-15-27(16-12-25)31-19-20-32(47(31)50)28-17-13-26(14-18-28)30-24-42-36(44-30)34-10-8-22-46(34)38(49)52-40(4,5)6/h11-20,23-24,33-34,50H,7-10,21-22H2,1-6H3,(H,41,43)(H,42,44). The summed E-state index contributed by atoms with van der Waals surface area (Å²) in [7, 11) is 0. The van der Waals surface area contributed by atoms with Gasteiger partial charge in [0.1, 0.15) is 22.9 Å². The van der Waals surface area contributed by atoms with Crippen LogP contribution in [0.3, 0.4) is 0 Å². The molecular formula is C40H47N7O5. The number of likely N-dealkylation sites (tertiary alicyclic amines) is 2. The maximum Gasteiger partial charge on any atom is 0.410 e. The minimum Gasteiger partial charge on any atom is -0.444 e. The molecule has 3 aromatic heterocycles. The van der Waals surface area contributed by atoms with Gasteiger partial charge in [0.25, 0.3) is 0 Å². The Balaban J connectivity index is 1.02. The topological polar surface area (TPSA) is 142 Å². The molecule has 2 aromatic carbocycles. The van der Waals surface area contributed by atoms with Crippen molar-refractivity contribution in [1.82, 2.24) is 34.5 Å². The summed E-state index contributed by atoms with van der Waals surface area (Å²) in [5.41, 5.74) is 5.33. The third kappa shape index (κ3) is 7.28. The maximum atomic E-state index is 12.8. The molecule has 2 aliphatic rings. The first-order valence-electron chi connectivity index (χ1n) is 18.0. The number of amides is 2. The Labute approximate surface area is 303 Å². The van der Waals surface area contributed by atoms with Crippen LogP contribution in [0.25, 0.3) is 45.0 Å². The van der Waals surface area contributed by atoms with E-state index in [1.165, 1.54) is 4.73 Å². The zero-order chi connectivity index (χ0) is 36.8. The van der Waals surface area contributed by atoms with Gasteiger partial charge in [-0.15, -0.1) is 0 Å². The van der Waals surface area contributed by atoms with Crippen LogP contribution in [-0.4, -0.2) is 76.2 Å². The van der Waals surface area contributed by atoms with Crippen molar-refractivity contribution in [3.63, 3.8) is 0 Å². The Bertz CT molecular complexity index is 1900. The lowest BCUT2D eigenvalue weighted by Gasteiger charge is -2.27. The Morgan fingerprint density at radius 1 is 0.635 bits per heavy atom. The molecule has 2 fully saturated rings. The van der Waals surface area contributed by atoms with Gasteiger partial charge in [0, 0.05) is 47.7 Å². The summed E-state index contributed by atoms with van der Waals surface area (Å²) in [4.78, 5) is 45.4. The lowest BCUT2D eigenvalue weighted by Crippen LogP contribution is -2.36. The lowest BCUT2D eigenvalue weighted by molar-refractivity contribution is 0.0208. The van der Waals surface area contributed by atoms with Crippen molar-refractivity contribution in [2.24, 2.45) is 0 Å². The first kappa shape index (κ1) is 34.9. The summed E-state index contributed by atoms with van der Waals surface area (Å²) in [6.45, 7) is 12.5. The van der Waals surface area contributed by atoms with Crippen LogP contribution in [0, 0.1) is 0 Å². The monoisotopic (exact) mass is 705 g/mol. The number of rotatable bonds is 6. The summed E-state index contributed by atoms with van der Waals surface area (Å²) in [6, 6.07) is 19.3. The zero-order valence-corrected chi connectivity index (χ0v) is 30.6. The number of benzene rings is 2. The van der Waals surface area contributed by atoms with Crippen LogP contribution in [0.2, 0.25) is 0 Å². The Morgan fingerprint density at radius 3 is 1.37 bits per heavy atom. The number of carbonyl (C=O) groups is 2. The molecule has 0 radical (unpaired) electrons. The van der Waals surface area contributed by atoms with Crippen molar-refractivity contribution in [3.8, 4) is 45.0 Å². The van der Waals surface area contributed by atoms with Crippen LogP contribution >= 0.6 is 0 Å². The predicted octanol–water partition coefficient (Wildman–Crippen LogP) is 8.98. The highest BCUT2D eigenvalue weighted by Crippen LogP contribution is 2.36. The van der Waals surface area contributed by atoms with Crippen LogP contribution in [0.1, 0.15) is 91.0 Å². The number of nitrogens with one attached hydrogen (secondary N) is 2. The SMILES string of the molecule is CC(C)(C)OC(=O)N1CCCC1c1nc(-c2ccc(-c3ccc(-c4ccc(-c5c[nH]c(C6CCCN6C(=O)OC(C)(C)C)n5)cc4)n3O)cc2)c[nH]1. The largest absolute Gasteiger partial charge is 0.444 e. The fraction of sp³-hybridized carbons (Fsp3) is 0.400. The number of aromatic nitrogens is 5. The van der Waals surface area contributed by atoms with Crippen molar-refractivity contribution >= 4 is 12.2 Å². The minimum absolute atomic E-state index is 0.154.